The molecule has 0 fully saturated rings. The Bertz CT molecular complexity index is 905. The molecular weight excluding hydrogens is 527 g/mol. The Balaban J connectivity index is 0.00000363. The Morgan fingerprint density at radius 3 is 2.59 bits per heavy atom. The Morgan fingerprint density at radius 2 is 1.94 bits per heavy atom. The van der Waals surface area contributed by atoms with Crippen molar-refractivity contribution in [1.82, 2.24) is 25.4 Å². The molecule has 1 aromatic heterocycles. The summed E-state index contributed by atoms with van der Waals surface area (Å²) in [4.78, 5) is 9.29. The molecule has 1 atom stereocenters. The highest BCUT2D eigenvalue weighted by atomic mass is 127. The van der Waals surface area contributed by atoms with Gasteiger partial charge in [-0.1, -0.05) is 0 Å². The average Bonchev–Trinajstić information content (AvgIpc) is 3.18. The molecule has 3 rings (SSSR count). The first-order chi connectivity index (χ1) is 15.1. The van der Waals surface area contributed by atoms with Gasteiger partial charge in [0.25, 0.3) is 0 Å². The number of nitrogens with zero attached hydrogens (tertiary/aromatic N) is 4. The van der Waals surface area contributed by atoms with Gasteiger partial charge in [-0.25, -0.2) is 14.7 Å². The number of guanidine groups is 1. The van der Waals surface area contributed by atoms with Crippen LogP contribution in [0.3, 0.4) is 0 Å². The third kappa shape index (κ3) is 6.15. The van der Waals surface area contributed by atoms with Crippen LogP contribution >= 0.6 is 24.0 Å². The van der Waals surface area contributed by atoms with E-state index in [0.717, 1.165) is 49.1 Å². The molecule has 0 aliphatic carbocycles. The Labute approximate surface area is 206 Å². The van der Waals surface area contributed by atoms with E-state index in [1.54, 1.807) is 28.4 Å². The predicted molar refractivity (Wildman–Crippen MR) is 132 cm³/mol. The number of hydrogen-bond donors (Lipinski definition) is 2. The number of methoxy groups -OCH3 is 4. The zero-order valence-electron chi connectivity index (χ0n) is 19.3. The number of hydrogen-bond acceptors (Lipinski definition) is 7. The van der Waals surface area contributed by atoms with Crippen LogP contribution in [0.1, 0.15) is 30.6 Å². The summed E-state index contributed by atoms with van der Waals surface area (Å²) >= 11 is 0. The number of aromatic nitrogens is 3. The van der Waals surface area contributed by atoms with Gasteiger partial charge in [-0.15, -0.1) is 24.0 Å². The lowest BCUT2D eigenvalue weighted by atomic mass is 10.1. The van der Waals surface area contributed by atoms with Crippen molar-refractivity contribution in [3.8, 4) is 17.2 Å². The van der Waals surface area contributed by atoms with E-state index in [1.165, 1.54) is 0 Å². The molecule has 0 radical (unpaired) electrons. The number of benzene rings is 1. The van der Waals surface area contributed by atoms with Crippen molar-refractivity contribution in [2.45, 2.75) is 45.5 Å². The summed E-state index contributed by atoms with van der Waals surface area (Å²) in [7, 11) is 6.46. The highest BCUT2D eigenvalue weighted by molar-refractivity contribution is 14.0. The van der Waals surface area contributed by atoms with E-state index in [1.807, 2.05) is 23.7 Å². The molecule has 2 N–H and O–H groups in total. The summed E-state index contributed by atoms with van der Waals surface area (Å²) in [6.07, 6.45) is 1.81. The highest BCUT2D eigenvalue weighted by Gasteiger charge is 2.22. The molecule has 0 bridgehead atoms. The third-order valence-electron chi connectivity index (χ3n) is 5.05. The van der Waals surface area contributed by atoms with Gasteiger partial charge in [-0.05, 0) is 25.5 Å². The monoisotopic (exact) mass is 560 g/mol. The van der Waals surface area contributed by atoms with Gasteiger partial charge in [-0.2, -0.15) is 5.10 Å². The normalized spacial score (nSPS) is 15.4. The molecule has 10 nitrogen and oxygen atoms in total. The summed E-state index contributed by atoms with van der Waals surface area (Å²) in [5.41, 5.74) is 0.906. The first kappa shape index (κ1) is 26.0. The van der Waals surface area contributed by atoms with Crippen LogP contribution in [0.25, 0.3) is 0 Å². The molecule has 0 amide bonds. The second-order valence-electron chi connectivity index (χ2n) is 7.13. The van der Waals surface area contributed by atoms with E-state index >= 15 is 0 Å². The summed E-state index contributed by atoms with van der Waals surface area (Å²) in [6.45, 7) is 4.39. The van der Waals surface area contributed by atoms with Crippen LogP contribution in [0.4, 0.5) is 0 Å². The second-order valence-corrected chi connectivity index (χ2v) is 7.13. The fourth-order valence-corrected chi connectivity index (χ4v) is 3.63. The van der Waals surface area contributed by atoms with E-state index < -0.39 is 0 Å². The Hall–Kier alpha value is -2.28. The maximum absolute atomic E-state index is 5.57. The summed E-state index contributed by atoms with van der Waals surface area (Å²) in [5.74, 6) is 4.27. The van der Waals surface area contributed by atoms with Gasteiger partial charge in [0.15, 0.2) is 23.3 Å². The van der Waals surface area contributed by atoms with Gasteiger partial charge >= 0.3 is 0 Å². The number of aliphatic imine (C=N–C) groups is 1. The van der Waals surface area contributed by atoms with E-state index in [0.29, 0.717) is 30.4 Å². The quantitative estimate of drug-likeness (QED) is 0.273. The van der Waals surface area contributed by atoms with Crippen molar-refractivity contribution in [2.75, 3.05) is 35.0 Å². The van der Waals surface area contributed by atoms with Crippen molar-refractivity contribution in [3.63, 3.8) is 0 Å². The van der Waals surface area contributed by atoms with Crippen LogP contribution in [0.15, 0.2) is 17.1 Å². The summed E-state index contributed by atoms with van der Waals surface area (Å²) in [6, 6.07) is 4.00. The van der Waals surface area contributed by atoms with Crippen molar-refractivity contribution in [3.05, 3.63) is 29.3 Å². The molecule has 1 aliphatic heterocycles. The highest BCUT2D eigenvalue weighted by Crippen LogP contribution is 2.39. The minimum absolute atomic E-state index is 0. The van der Waals surface area contributed by atoms with E-state index in [4.69, 9.17) is 23.9 Å². The van der Waals surface area contributed by atoms with Crippen LogP contribution in [0.5, 0.6) is 17.2 Å². The number of fused-ring (bicyclic) bond motifs is 1. The number of rotatable bonds is 9. The molecular formula is C21H33IN6O4. The zero-order chi connectivity index (χ0) is 22.2. The molecule has 1 unspecified atom stereocenters. The molecule has 0 saturated heterocycles. The minimum Gasteiger partial charge on any atom is -0.493 e. The van der Waals surface area contributed by atoms with Gasteiger partial charge in [0.2, 0.25) is 5.75 Å². The van der Waals surface area contributed by atoms with E-state index in [-0.39, 0.29) is 30.0 Å². The topological polar surface area (TPSA) is 104 Å². The van der Waals surface area contributed by atoms with Crippen LogP contribution < -0.4 is 24.8 Å². The Morgan fingerprint density at radius 1 is 1.16 bits per heavy atom. The summed E-state index contributed by atoms with van der Waals surface area (Å²) in [5, 5.41) is 11.4. The first-order valence-electron chi connectivity index (χ1n) is 10.4. The first-order valence-corrected chi connectivity index (χ1v) is 10.4. The van der Waals surface area contributed by atoms with Crippen molar-refractivity contribution in [2.24, 2.45) is 4.99 Å². The van der Waals surface area contributed by atoms with E-state index in [2.05, 4.69) is 20.7 Å². The number of aryl methyl sites for hydroxylation is 1. The molecule has 1 aliphatic rings. The molecule has 2 aromatic rings. The summed E-state index contributed by atoms with van der Waals surface area (Å²) < 4.78 is 23.5. The third-order valence-corrected chi connectivity index (χ3v) is 5.05. The lowest BCUT2D eigenvalue weighted by Crippen LogP contribution is -2.47. The molecule has 11 heteroatoms. The fourth-order valence-electron chi connectivity index (χ4n) is 3.63. The number of nitrogens with one attached hydrogen (secondary N) is 2. The van der Waals surface area contributed by atoms with Gasteiger partial charge in [0, 0.05) is 31.7 Å². The van der Waals surface area contributed by atoms with Gasteiger partial charge in [0.1, 0.15) is 12.4 Å². The van der Waals surface area contributed by atoms with E-state index in [9.17, 15) is 0 Å². The SMILES string of the molecule is CCNC(=NCc1ccc(OC)c(OC)c1OC)NC1CCc2nc(COC)nn2C1.I. The molecule has 0 spiro atoms. The second kappa shape index (κ2) is 12.7. The number of halogens is 1. The largest absolute Gasteiger partial charge is 0.493 e. The molecule has 1 aromatic carbocycles. The lowest BCUT2D eigenvalue weighted by molar-refractivity contribution is 0.177. The Kier molecular flexibility index (Phi) is 10.3. The average molecular weight is 560 g/mol. The van der Waals surface area contributed by atoms with Crippen LogP contribution in [0.2, 0.25) is 0 Å². The van der Waals surface area contributed by atoms with Gasteiger partial charge in [0.05, 0.1) is 34.4 Å². The van der Waals surface area contributed by atoms with Crippen molar-refractivity contribution in [1.29, 1.82) is 0 Å². The molecule has 178 valence electrons. The smallest absolute Gasteiger partial charge is 0.203 e. The number of ether oxygens (including phenoxy) is 4. The lowest BCUT2D eigenvalue weighted by Gasteiger charge is -2.25. The van der Waals surface area contributed by atoms with Gasteiger partial charge in [-0.3, -0.25) is 0 Å². The predicted octanol–water partition coefficient (Wildman–Crippen LogP) is 2.14. The van der Waals surface area contributed by atoms with Crippen LogP contribution in [-0.4, -0.2) is 61.7 Å². The maximum atomic E-state index is 5.57. The van der Waals surface area contributed by atoms with Crippen LogP contribution in [-0.2, 0) is 30.9 Å². The molecule has 0 saturated carbocycles. The van der Waals surface area contributed by atoms with Crippen LogP contribution in [0, 0.1) is 0 Å². The fraction of sp³-hybridized carbons (Fsp3) is 0.571. The standard InChI is InChI=1S/C21H32N6O4.HI/c1-6-22-21(23-11-14-7-9-16(29-3)20(31-5)19(14)30-4)24-15-8-10-18-25-17(13-28-2)26-27(18)12-15;/h7,9,15H,6,8,10-13H2,1-5H3,(H2,22,23,24);1H. The van der Waals surface area contributed by atoms with Crippen molar-refractivity contribution >= 4 is 29.9 Å². The zero-order valence-corrected chi connectivity index (χ0v) is 21.6. The van der Waals surface area contributed by atoms with Gasteiger partial charge < -0.3 is 29.6 Å². The molecule has 2 heterocycles. The maximum Gasteiger partial charge on any atom is 0.203 e. The molecule has 32 heavy (non-hydrogen) atoms. The van der Waals surface area contributed by atoms with Crippen molar-refractivity contribution < 1.29 is 18.9 Å². The minimum atomic E-state index is 0.